The Morgan fingerprint density at radius 1 is 1.27 bits per heavy atom. The van der Waals surface area contributed by atoms with Crippen molar-refractivity contribution in [2.75, 3.05) is 0 Å². The quantitative estimate of drug-likeness (QED) is 0.279. The van der Waals surface area contributed by atoms with E-state index in [1.54, 1.807) is 0 Å². The van der Waals surface area contributed by atoms with Gasteiger partial charge in [0.25, 0.3) is 0 Å². The summed E-state index contributed by atoms with van der Waals surface area (Å²) < 4.78 is 4.11. The van der Waals surface area contributed by atoms with Crippen LogP contribution in [0, 0.1) is 5.92 Å². The third kappa shape index (κ3) is 10.1. The average Bonchev–Trinajstić information content (AvgIpc) is 1.96. The van der Waals surface area contributed by atoms with E-state index in [4.69, 9.17) is 5.26 Å². The summed E-state index contributed by atoms with van der Waals surface area (Å²) in [6, 6.07) is 1.12. The van der Waals surface area contributed by atoms with E-state index in [0.29, 0.717) is 0 Å². The van der Waals surface area contributed by atoms with Crippen LogP contribution in [-0.4, -0.2) is 15.0 Å². The van der Waals surface area contributed by atoms with Gasteiger partial charge in [-0.25, -0.2) is 0 Å². The lowest BCUT2D eigenvalue weighted by Crippen LogP contribution is -1.93. The second kappa shape index (κ2) is 8.24. The summed E-state index contributed by atoms with van der Waals surface area (Å²) in [6.07, 6.45) is 5.20. The zero-order chi connectivity index (χ0) is 8.53. The molecule has 68 valence electrons. The molecule has 1 N–H and O–H groups in total. The summed E-state index contributed by atoms with van der Waals surface area (Å²) >= 11 is 0. The van der Waals surface area contributed by atoms with Gasteiger partial charge in [-0.2, -0.15) is 0 Å². The Kier molecular flexibility index (Phi) is 8.34. The first-order chi connectivity index (χ1) is 5.27. The van der Waals surface area contributed by atoms with Gasteiger partial charge in [0.2, 0.25) is 9.76 Å². The predicted molar refractivity (Wildman–Crippen MR) is 50.4 cm³/mol. The van der Waals surface area contributed by atoms with Crippen LogP contribution < -0.4 is 0 Å². The Hall–Kier alpha value is 0.137. The molecule has 0 saturated carbocycles. The summed E-state index contributed by atoms with van der Waals surface area (Å²) in [7, 11) is -0.570. The van der Waals surface area contributed by atoms with Crippen molar-refractivity contribution in [1.82, 2.24) is 0 Å². The van der Waals surface area contributed by atoms with Crippen molar-refractivity contribution >= 4 is 9.76 Å². The fraction of sp³-hybridized carbons (Fsp3) is 1.00. The Morgan fingerprint density at radius 2 is 2.00 bits per heavy atom. The monoisotopic (exact) mass is 176 g/mol. The Bertz CT molecular complexity index is 76.5. The predicted octanol–water partition coefficient (Wildman–Crippen LogP) is 2.19. The lowest BCUT2D eigenvalue weighted by atomic mass is 10.1. The standard InChI is InChI=1S/C8H20O2Si/c1-8(2)6-4-3-5-7-11-10-9/h8-9H,3-7,11H2,1-2H3. The van der Waals surface area contributed by atoms with Crippen LogP contribution in [0.1, 0.15) is 39.5 Å². The van der Waals surface area contributed by atoms with E-state index in [1.165, 1.54) is 25.7 Å². The van der Waals surface area contributed by atoms with E-state index in [9.17, 15) is 0 Å². The maximum absolute atomic E-state index is 8.07. The Morgan fingerprint density at radius 3 is 2.55 bits per heavy atom. The van der Waals surface area contributed by atoms with E-state index in [2.05, 4.69) is 18.4 Å². The minimum absolute atomic E-state index is 0.570. The van der Waals surface area contributed by atoms with Crippen molar-refractivity contribution in [3.05, 3.63) is 0 Å². The molecule has 0 rings (SSSR count). The first-order valence-electron chi connectivity index (χ1n) is 4.53. The summed E-state index contributed by atoms with van der Waals surface area (Å²) in [5.41, 5.74) is 0. The molecule has 0 radical (unpaired) electrons. The lowest BCUT2D eigenvalue weighted by molar-refractivity contribution is -0.138. The van der Waals surface area contributed by atoms with Crippen molar-refractivity contribution in [3.63, 3.8) is 0 Å². The number of unbranched alkanes of at least 4 members (excludes halogenated alkanes) is 2. The summed E-state index contributed by atoms with van der Waals surface area (Å²) in [5, 5.41) is 8.07. The number of rotatable bonds is 7. The largest absolute Gasteiger partial charge is 0.297 e. The molecule has 0 fully saturated rings. The van der Waals surface area contributed by atoms with Crippen LogP contribution in [0.2, 0.25) is 6.04 Å². The summed E-state index contributed by atoms with van der Waals surface area (Å²) in [5.74, 6) is 0.835. The van der Waals surface area contributed by atoms with E-state index in [1.807, 2.05) is 0 Å². The molecule has 0 atom stereocenters. The van der Waals surface area contributed by atoms with Gasteiger partial charge >= 0.3 is 0 Å². The van der Waals surface area contributed by atoms with E-state index >= 15 is 0 Å². The highest BCUT2D eigenvalue weighted by Crippen LogP contribution is 2.09. The van der Waals surface area contributed by atoms with Crippen molar-refractivity contribution in [2.24, 2.45) is 5.92 Å². The molecular weight excluding hydrogens is 156 g/mol. The van der Waals surface area contributed by atoms with Gasteiger partial charge < -0.3 is 0 Å². The third-order valence-electron chi connectivity index (χ3n) is 1.77. The highest BCUT2D eigenvalue weighted by molar-refractivity contribution is 6.26. The van der Waals surface area contributed by atoms with Gasteiger partial charge in [-0.3, -0.25) is 9.83 Å². The topological polar surface area (TPSA) is 29.5 Å². The van der Waals surface area contributed by atoms with Crippen LogP contribution in [0.3, 0.4) is 0 Å². The van der Waals surface area contributed by atoms with Gasteiger partial charge in [0.15, 0.2) is 0 Å². The van der Waals surface area contributed by atoms with Gasteiger partial charge in [-0.05, 0) is 12.0 Å². The molecule has 0 bridgehead atoms. The van der Waals surface area contributed by atoms with Crippen LogP contribution >= 0.6 is 0 Å². The molecule has 0 spiro atoms. The van der Waals surface area contributed by atoms with Crippen LogP contribution in [0.4, 0.5) is 0 Å². The maximum atomic E-state index is 8.07. The first-order valence-corrected chi connectivity index (χ1v) is 6.11. The van der Waals surface area contributed by atoms with Crippen molar-refractivity contribution < 1.29 is 9.83 Å². The molecule has 0 aromatic heterocycles. The highest BCUT2D eigenvalue weighted by atomic mass is 28.2. The molecule has 0 heterocycles. The van der Waals surface area contributed by atoms with Crippen molar-refractivity contribution in [2.45, 2.75) is 45.6 Å². The maximum Gasteiger partial charge on any atom is 0.208 e. The molecule has 11 heavy (non-hydrogen) atoms. The molecule has 0 aromatic rings. The Balaban J connectivity index is 2.80. The normalized spacial score (nSPS) is 12.0. The second-order valence-electron chi connectivity index (χ2n) is 3.43. The zero-order valence-corrected chi connectivity index (χ0v) is 9.09. The van der Waals surface area contributed by atoms with Crippen LogP contribution in [0.5, 0.6) is 0 Å². The molecule has 0 unspecified atom stereocenters. The van der Waals surface area contributed by atoms with Gasteiger partial charge in [-0.1, -0.05) is 39.5 Å². The molecular formula is C8H20O2Si. The average molecular weight is 176 g/mol. The molecule has 3 heteroatoms. The van der Waals surface area contributed by atoms with Crippen molar-refractivity contribution in [1.29, 1.82) is 0 Å². The van der Waals surface area contributed by atoms with Gasteiger partial charge in [0, 0.05) is 0 Å². The smallest absolute Gasteiger partial charge is 0.208 e. The van der Waals surface area contributed by atoms with Gasteiger partial charge in [0.05, 0.1) is 0 Å². The SMILES string of the molecule is CC(C)CCCCC[SiH2]OO. The minimum atomic E-state index is -0.570. The number of hydrogen-bond acceptors (Lipinski definition) is 2. The molecule has 0 aliphatic carbocycles. The summed E-state index contributed by atoms with van der Waals surface area (Å²) in [6.45, 7) is 4.51. The summed E-state index contributed by atoms with van der Waals surface area (Å²) in [4.78, 5) is 0. The van der Waals surface area contributed by atoms with Crippen LogP contribution in [0.15, 0.2) is 0 Å². The second-order valence-corrected chi connectivity index (χ2v) is 4.80. The van der Waals surface area contributed by atoms with Crippen LogP contribution in [-0.2, 0) is 4.58 Å². The van der Waals surface area contributed by atoms with E-state index < -0.39 is 9.76 Å². The van der Waals surface area contributed by atoms with Crippen molar-refractivity contribution in [3.8, 4) is 0 Å². The number of hydrogen-bond donors (Lipinski definition) is 1. The van der Waals surface area contributed by atoms with Crippen LogP contribution in [0.25, 0.3) is 0 Å². The lowest BCUT2D eigenvalue weighted by Gasteiger charge is -2.02. The fourth-order valence-electron chi connectivity index (χ4n) is 1.07. The Labute approximate surface area is 71.8 Å². The molecule has 0 amide bonds. The van der Waals surface area contributed by atoms with Gasteiger partial charge in [0.1, 0.15) is 0 Å². The minimum Gasteiger partial charge on any atom is -0.297 e. The fourth-order valence-corrected chi connectivity index (χ4v) is 1.76. The van der Waals surface area contributed by atoms with Gasteiger partial charge in [-0.15, -0.1) is 0 Å². The molecule has 0 aromatic carbocycles. The molecule has 0 saturated heterocycles. The highest BCUT2D eigenvalue weighted by Gasteiger charge is 1.94. The zero-order valence-electron chi connectivity index (χ0n) is 7.68. The molecule has 2 nitrogen and oxygen atoms in total. The first kappa shape index (κ1) is 11.1. The van der Waals surface area contributed by atoms with E-state index in [-0.39, 0.29) is 0 Å². The third-order valence-corrected chi connectivity index (χ3v) is 2.74. The molecule has 0 aliphatic heterocycles. The van der Waals surface area contributed by atoms with E-state index in [0.717, 1.165) is 12.0 Å². The molecule has 0 aliphatic rings.